The molecule has 0 heterocycles. The lowest BCUT2D eigenvalue weighted by Crippen LogP contribution is -2.47. The van der Waals surface area contributed by atoms with Crippen LogP contribution in [0.4, 0.5) is 4.39 Å². The SMILES string of the molecule is C[C@](N)(Cc1c(I)cc(O)cc1CF)C(=O)O. The van der Waals surface area contributed by atoms with Gasteiger partial charge in [-0.3, -0.25) is 4.79 Å². The topological polar surface area (TPSA) is 83.5 Å². The summed E-state index contributed by atoms with van der Waals surface area (Å²) in [6.45, 7) is 0.607. The lowest BCUT2D eigenvalue weighted by atomic mass is 9.91. The standard InChI is InChI=1S/C11H13FINO3/c1-11(14,10(16)17)4-8-6(5-12)2-7(15)3-9(8)13/h2-3,15H,4-5,14H2,1H3,(H,16,17)/t11-/m0/s1. The summed E-state index contributed by atoms with van der Waals surface area (Å²) in [5.41, 5.74) is 4.97. The molecule has 0 aromatic heterocycles. The molecule has 94 valence electrons. The van der Waals surface area contributed by atoms with Crippen LogP contribution in [0.1, 0.15) is 18.1 Å². The summed E-state index contributed by atoms with van der Waals surface area (Å²) in [5.74, 6) is -1.19. The van der Waals surface area contributed by atoms with E-state index in [1.807, 2.05) is 22.6 Å². The van der Waals surface area contributed by atoms with Crippen LogP contribution in [0.3, 0.4) is 0 Å². The molecule has 0 aliphatic rings. The van der Waals surface area contributed by atoms with Gasteiger partial charge in [0, 0.05) is 9.99 Å². The van der Waals surface area contributed by atoms with Crippen molar-refractivity contribution >= 4 is 28.6 Å². The molecule has 6 heteroatoms. The second-order valence-electron chi connectivity index (χ2n) is 4.10. The number of aliphatic carboxylic acids is 1. The maximum atomic E-state index is 12.8. The van der Waals surface area contributed by atoms with Gasteiger partial charge in [-0.1, -0.05) is 0 Å². The fourth-order valence-corrected chi connectivity index (χ4v) is 2.29. The average molecular weight is 353 g/mol. The Balaban J connectivity index is 3.18. The molecular weight excluding hydrogens is 340 g/mol. The van der Waals surface area contributed by atoms with Crippen LogP contribution in [-0.2, 0) is 17.9 Å². The van der Waals surface area contributed by atoms with E-state index in [1.165, 1.54) is 19.1 Å². The second-order valence-corrected chi connectivity index (χ2v) is 5.26. The highest BCUT2D eigenvalue weighted by atomic mass is 127. The van der Waals surface area contributed by atoms with Crippen LogP contribution in [0.15, 0.2) is 12.1 Å². The minimum absolute atomic E-state index is 0.0140. The molecule has 1 aromatic rings. The lowest BCUT2D eigenvalue weighted by molar-refractivity contribution is -0.142. The zero-order valence-electron chi connectivity index (χ0n) is 9.20. The molecule has 0 saturated carbocycles. The number of hydrogen-bond donors (Lipinski definition) is 3. The monoisotopic (exact) mass is 353 g/mol. The normalized spacial score (nSPS) is 14.4. The van der Waals surface area contributed by atoms with E-state index in [9.17, 15) is 14.3 Å². The fraction of sp³-hybridized carbons (Fsp3) is 0.364. The molecular formula is C11H13FINO3. The number of nitrogens with two attached hydrogens (primary N) is 1. The van der Waals surface area contributed by atoms with Crippen LogP contribution in [0.25, 0.3) is 0 Å². The molecule has 0 aliphatic heterocycles. The van der Waals surface area contributed by atoms with Crippen molar-refractivity contribution in [3.8, 4) is 5.75 Å². The number of halogens is 2. The van der Waals surface area contributed by atoms with Crippen molar-refractivity contribution in [1.29, 1.82) is 0 Å². The van der Waals surface area contributed by atoms with Crippen LogP contribution in [0.2, 0.25) is 0 Å². The Morgan fingerprint density at radius 1 is 1.59 bits per heavy atom. The van der Waals surface area contributed by atoms with E-state index in [0.29, 0.717) is 9.13 Å². The number of rotatable bonds is 4. The van der Waals surface area contributed by atoms with E-state index >= 15 is 0 Å². The predicted octanol–water partition coefficient (Wildman–Crippen LogP) is 1.81. The number of phenols is 1. The summed E-state index contributed by atoms with van der Waals surface area (Å²) >= 11 is 1.92. The predicted molar refractivity (Wildman–Crippen MR) is 69.6 cm³/mol. The van der Waals surface area contributed by atoms with Crippen LogP contribution < -0.4 is 5.73 Å². The lowest BCUT2D eigenvalue weighted by Gasteiger charge is -2.21. The summed E-state index contributed by atoms with van der Waals surface area (Å²) in [4.78, 5) is 10.9. The molecule has 0 spiro atoms. The summed E-state index contributed by atoms with van der Waals surface area (Å²) in [6.07, 6.45) is 0.0140. The number of benzene rings is 1. The molecule has 0 unspecified atom stereocenters. The number of carboxylic acid groups (broad SMARTS) is 1. The number of hydrogen-bond acceptors (Lipinski definition) is 3. The van der Waals surface area contributed by atoms with E-state index < -0.39 is 18.2 Å². The van der Waals surface area contributed by atoms with Crippen LogP contribution in [0.5, 0.6) is 5.75 Å². The van der Waals surface area contributed by atoms with Crippen molar-refractivity contribution in [2.45, 2.75) is 25.6 Å². The molecule has 0 bridgehead atoms. The fourth-order valence-electron chi connectivity index (χ4n) is 1.44. The highest BCUT2D eigenvalue weighted by Crippen LogP contribution is 2.27. The molecule has 4 N–H and O–H groups in total. The van der Waals surface area contributed by atoms with Crippen LogP contribution >= 0.6 is 22.6 Å². The van der Waals surface area contributed by atoms with Gasteiger partial charge in [0.15, 0.2) is 0 Å². The van der Waals surface area contributed by atoms with Gasteiger partial charge in [-0.15, -0.1) is 0 Å². The van der Waals surface area contributed by atoms with Gasteiger partial charge < -0.3 is 15.9 Å². The van der Waals surface area contributed by atoms with Crippen molar-refractivity contribution in [3.63, 3.8) is 0 Å². The number of aromatic hydroxyl groups is 1. The van der Waals surface area contributed by atoms with E-state index in [0.717, 1.165) is 0 Å². The van der Waals surface area contributed by atoms with Crippen LogP contribution in [-0.4, -0.2) is 21.7 Å². The summed E-state index contributed by atoms with van der Waals surface area (Å²) in [7, 11) is 0. The quantitative estimate of drug-likeness (QED) is 0.721. The Hall–Kier alpha value is -0.890. The highest BCUT2D eigenvalue weighted by molar-refractivity contribution is 14.1. The third-order valence-corrected chi connectivity index (χ3v) is 3.41. The van der Waals surface area contributed by atoms with Gasteiger partial charge in [-0.05, 0) is 52.8 Å². The molecule has 1 aromatic carbocycles. The van der Waals surface area contributed by atoms with Crippen LogP contribution in [0, 0.1) is 3.57 Å². The van der Waals surface area contributed by atoms with Crippen molar-refractivity contribution < 1.29 is 19.4 Å². The summed E-state index contributed by atoms with van der Waals surface area (Å²) < 4.78 is 13.4. The third-order valence-electron chi connectivity index (χ3n) is 2.45. The Morgan fingerprint density at radius 2 is 2.18 bits per heavy atom. The van der Waals surface area contributed by atoms with Crippen molar-refractivity contribution in [3.05, 3.63) is 26.8 Å². The number of alkyl halides is 1. The van der Waals surface area contributed by atoms with Gasteiger partial charge in [0.1, 0.15) is 18.0 Å². The second kappa shape index (κ2) is 5.18. The maximum Gasteiger partial charge on any atom is 0.323 e. The molecule has 0 amide bonds. The average Bonchev–Trinajstić information content (AvgIpc) is 2.21. The van der Waals surface area contributed by atoms with Crippen molar-refractivity contribution in [2.75, 3.05) is 0 Å². The van der Waals surface area contributed by atoms with Crippen molar-refractivity contribution in [1.82, 2.24) is 0 Å². The van der Waals surface area contributed by atoms with Gasteiger partial charge in [0.2, 0.25) is 0 Å². The first kappa shape index (κ1) is 14.2. The van der Waals surface area contributed by atoms with Crippen molar-refractivity contribution in [2.24, 2.45) is 5.73 Å². The maximum absolute atomic E-state index is 12.8. The molecule has 1 atom stereocenters. The smallest absolute Gasteiger partial charge is 0.323 e. The van der Waals surface area contributed by atoms with E-state index in [2.05, 4.69) is 0 Å². The third kappa shape index (κ3) is 3.29. The Bertz CT molecular complexity index is 449. The minimum atomic E-state index is -1.46. The zero-order chi connectivity index (χ0) is 13.2. The minimum Gasteiger partial charge on any atom is -0.508 e. The van der Waals surface area contributed by atoms with E-state index in [-0.39, 0.29) is 17.7 Å². The first-order valence-electron chi connectivity index (χ1n) is 4.86. The molecule has 0 saturated heterocycles. The molecule has 17 heavy (non-hydrogen) atoms. The van der Waals surface area contributed by atoms with Gasteiger partial charge in [0.25, 0.3) is 0 Å². The van der Waals surface area contributed by atoms with Gasteiger partial charge in [-0.2, -0.15) is 0 Å². The molecule has 4 nitrogen and oxygen atoms in total. The van der Waals surface area contributed by atoms with Gasteiger partial charge in [0.05, 0.1) is 0 Å². The van der Waals surface area contributed by atoms with Gasteiger partial charge in [-0.25, -0.2) is 4.39 Å². The first-order chi connectivity index (χ1) is 7.77. The Kier molecular flexibility index (Phi) is 4.31. The summed E-state index contributed by atoms with van der Waals surface area (Å²) in [6, 6.07) is 2.74. The number of carbonyl (C=O) groups is 1. The number of phenolic OH excluding ortho intramolecular Hbond substituents is 1. The molecule has 0 radical (unpaired) electrons. The Labute approximate surface area is 112 Å². The van der Waals surface area contributed by atoms with Gasteiger partial charge >= 0.3 is 5.97 Å². The number of carboxylic acids is 1. The molecule has 0 aliphatic carbocycles. The molecule has 1 rings (SSSR count). The summed E-state index contributed by atoms with van der Waals surface area (Å²) in [5, 5.41) is 18.3. The van der Waals surface area contributed by atoms with E-state index in [1.54, 1.807) is 0 Å². The zero-order valence-corrected chi connectivity index (χ0v) is 11.4. The largest absolute Gasteiger partial charge is 0.508 e. The Morgan fingerprint density at radius 3 is 2.65 bits per heavy atom. The molecule has 0 fully saturated rings. The van der Waals surface area contributed by atoms with E-state index in [4.69, 9.17) is 10.8 Å². The highest BCUT2D eigenvalue weighted by Gasteiger charge is 2.30. The first-order valence-corrected chi connectivity index (χ1v) is 5.94.